The van der Waals surface area contributed by atoms with Crippen molar-refractivity contribution in [2.24, 2.45) is 0 Å². The highest BCUT2D eigenvalue weighted by atomic mass is 16.5. The average molecular weight is 458 g/mol. The van der Waals surface area contributed by atoms with E-state index in [1.54, 1.807) is 14.0 Å². The van der Waals surface area contributed by atoms with Gasteiger partial charge in [-0.3, -0.25) is 14.5 Å². The first-order chi connectivity index (χ1) is 16.5. The van der Waals surface area contributed by atoms with Crippen LogP contribution in [0.2, 0.25) is 0 Å². The highest BCUT2D eigenvalue weighted by molar-refractivity contribution is 5.97. The molecule has 0 spiro atoms. The lowest BCUT2D eigenvalue weighted by molar-refractivity contribution is -0.121. The topological polar surface area (TPSA) is 61.9 Å². The summed E-state index contributed by atoms with van der Waals surface area (Å²) in [6, 6.07) is 23.0. The van der Waals surface area contributed by atoms with E-state index in [4.69, 9.17) is 4.74 Å². The van der Waals surface area contributed by atoms with Crippen LogP contribution < -0.4 is 15.0 Å². The number of ketones is 1. The molecule has 3 aromatic rings. The number of nitrogens with zero attached hydrogens (tertiary/aromatic N) is 2. The Bertz CT molecular complexity index is 1140. The van der Waals surface area contributed by atoms with E-state index < -0.39 is 6.04 Å². The Balaban J connectivity index is 1.52. The molecule has 4 rings (SSSR count). The van der Waals surface area contributed by atoms with Gasteiger partial charge < -0.3 is 15.0 Å². The van der Waals surface area contributed by atoms with E-state index in [0.717, 1.165) is 48.6 Å². The van der Waals surface area contributed by atoms with Crippen molar-refractivity contribution < 1.29 is 14.3 Å². The van der Waals surface area contributed by atoms with Crippen LogP contribution in [-0.4, -0.2) is 49.9 Å². The van der Waals surface area contributed by atoms with Gasteiger partial charge in [0.05, 0.1) is 12.8 Å². The molecule has 0 saturated carbocycles. The predicted molar refractivity (Wildman–Crippen MR) is 136 cm³/mol. The summed E-state index contributed by atoms with van der Waals surface area (Å²) in [5.41, 5.74) is 4.50. The van der Waals surface area contributed by atoms with Gasteiger partial charge in [0.2, 0.25) is 5.91 Å². The summed E-state index contributed by atoms with van der Waals surface area (Å²) in [6.45, 7) is 6.65. The lowest BCUT2D eigenvalue weighted by atomic mass is 10.0. The number of carbonyl (C=O) groups excluding carboxylic acids is 2. The Morgan fingerprint density at radius 1 is 0.912 bits per heavy atom. The molecule has 6 heteroatoms. The van der Waals surface area contributed by atoms with Gasteiger partial charge in [0.25, 0.3) is 0 Å². The minimum Gasteiger partial charge on any atom is -0.495 e. The van der Waals surface area contributed by atoms with Gasteiger partial charge in [-0.25, -0.2) is 0 Å². The predicted octanol–water partition coefficient (Wildman–Crippen LogP) is 4.71. The maximum Gasteiger partial charge on any atom is 0.246 e. The van der Waals surface area contributed by atoms with Crippen LogP contribution in [0, 0.1) is 6.92 Å². The average Bonchev–Trinajstić information content (AvgIpc) is 2.85. The van der Waals surface area contributed by atoms with Crippen LogP contribution in [0.15, 0.2) is 72.8 Å². The van der Waals surface area contributed by atoms with Gasteiger partial charge in [-0.15, -0.1) is 0 Å². The third-order valence-electron chi connectivity index (χ3n) is 6.29. The van der Waals surface area contributed by atoms with E-state index in [0.29, 0.717) is 11.4 Å². The Hall–Kier alpha value is -3.64. The molecule has 0 aromatic heterocycles. The molecule has 1 N–H and O–H groups in total. The molecule has 34 heavy (non-hydrogen) atoms. The quantitative estimate of drug-likeness (QED) is 0.521. The summed E-state index contributed by atoms with van der Waals surface area (Å²) in [4.78, 5) is 29.7. The Labute approximate surface area is 201 Å². The number of hydrogen-bond acceptors (Lipinski definition) is 5. The first kappa shape index (κ1) is 23.5. The molecule has 1 amide bonds. The molecule has 0 unspecified atom stereocenters. The molecular formula is C28H31N3O3. The molecule has 6 nitrogen and oxygen atoms in total. The highest BCUT2D eigenvalue weighted by Gasteiger charge is 2.31. The van der Waals surface area contributed by atoms with Gasteiger partial charge in [-0.2, -0.15) is 0 Å². The summed E-state index contributed by atoms with van der Waals surface area (Å²) in [7, 11) is 1.61. The normalized spacial score (nSPS) is 15.0. The Morgan fingerprint density at radius 3 is 2.21 bits per heavy atom. The molecule has 3 aromatic carbocycles. The fraction of sp³-hybridized carbons (Fsp3) is 0.286. The van der Waals surface area contributed by atoms with Gasteiger partial charge in [0, 0.05) is 37.4 Å². The van der Waals surface area contributed by atoms with Crippen LogP contribution >= 0.6 is 0 Å². The lowest BCUT2D eigenvalue weighted by Crippen LogP contribution is -2.50. The van der Waals surface area contributed by atoms with Crippen molar-refractivity contribution in [1.82, 2.24) is 4.90 Å². The van der Waals surface area contributed by atoms with Gasteiger partial charge in [-0.1, -0.05) is 36.4 Å². The fourth-order valence-electron chi connectivity index (χ4n) is 4.43. The maximum atomic E-state index is 13.6. The number of aryl methyl sites for hydroxylation is 1. The number of anilines is 2. The number of piperazine rings is 1. The SMILES string of the molecule is COc1ccc(C)cc1NC(=O)[C@H](c1ccccc1)N1CCN(c2ccc(C(C)=O)cc2)CC1. The van der Waals surface area contributed by atoms with Crippen LogP contribution in [-0.2, 0) is 4.79 Å². The molecule has 1 atom stereocenters. The number of benzene rings is 3. The monoisotopic (exact) mass is 457 g/mol. The second-order valence-electron chi connectivity index (χ2n) is 8.63. The van der Waals surface area contributed by atoms with Crippen molar-refractivity contribution in [3.8, 4) is 5.75 Å². The number of hydrogen-bond donors (Lipinski definition) is 1. The van der Waals surface area contributed by atoms with Crippen molar-refractivity contribution in [2.75, 3.05) is 43.5 Å². The molecular weight excluding hydrogens is 426 g/mol. The van der Waals surface area contributed by atoms with E-state index in [-0.39, 0.29) is 11.7 Å². The number of ether oxygens (including phenoxy) is 1. The van der Waals surface area contributed by atoms with Crippen molar-refractivity contribution >= 4 is 23.1 Å². The smallest absolute Gasteiger partial charge is 0.246 e. The molecule has 0 bridgehead atoms. The van der Waals surface area contributed by atoms with Gasteiger partial charge in [-0.05, 0) is 61.4 Å². The summed E-state index contributed by atoms with van der Waals surface area (Å²) in [5.74, 6) is 0.636. The zero-order valence-electron chi connectivity index (χ0n) is 20.0. The molecule has 1 fully saturated rings. The number of carbonyl (C=O) groups is 2. The lowest BCUT2D eigenvalue weighted by Gasteiger charge is -2.39. The van der Waals surface area contributed by atoms with E-state index >= 15 is 0 Å². The zero-order chi connectivity index (χ0) is 24.1. The van der Waals surface area contributed by atoms with Crippen LogP contribution in [0.4, 0.5) is 11.4 Å². The standard InChI is InChI=1S/C28H31N3O3/c1-20-9-14-26(34-3)25(19-20)29-28(33)27(23-7-5-4-6-8-23)31-17-15-30(16-18-31)24-12-10-22(11-13-24)21(2)32/h4-14,19,27H,15-18H2,1-3H3,(H,29,33)/t27-/m0/s1. The molecule has 1 saturated heterocycles. The third kappa shape index (κ3) is 5.29. The number of amides is 1. The molecule has 0 radical (unpaired) electrons. The largest absolute Gasteiger partial charge is 0.495 e. The van der Waals surface area contributed by atoms with Crippen LogP contribution in [0.3, 0.4) is 0 Å². The number of Topliss-reactive ketones (excluding diaryl/α,β-unsaturated/α-hetero) is 1. The summed E-state index contributed by atoms with van der Waals surface area (Å²) < 4.78 is 5.46. The van der Waals surface area contributed by atoms with Crippen molar-refractivity contribution in [3.05, 3.63) is 89.5 Å². The minimum atomic E-state index is -0.409. The summed E-state index contributed by atoms with van der Waals surface area (Å²) in [5, 5.41) is 3.11. The van der Waals surface area contributed by atoms with Crippen LogP contribution in [0.1, 0.15) is 34.5 Å². The molecule has 1 heterocycles. The van der Waals surface area contributed by atoms with E-state index in [1.165, 1.54) is 0 Å². The number of rotatable bonds is 7. The van der Waals surface area contributed by atoms with E-state index in [1.807, 2.05) is 79.7 Å². The van der Waals surface area contributed by atoms with Crippen molar-refractivity contribution in [2.45, 2.75) is 19.9 Å². The second kappa shape index (κ2) is 10.5. The van der Waals surface area contributed by atoms with Crippen molar-refractivity contribution in [3.63, 3.8) is 0 Å². The van der Waals surface area contributed by atoms with Crippen molar-refractivity contribution in [1.29, 1.82) is 0 Å². The molecule has 1 aliphatic heterocycles. The Kier molecular flexibility index (Phi) is 7.28. The number of nitrogens with one attached hydrogen (secondary N) is 1. The van der Waals surface area contributed by atoms with E-state index in [9.17, 15) is 9.59 Å². The van der Waals surface area contributed by atoms with Gasteiger partial charge in [0.15, 0.2) is 5.78 Å². The summed E-state index contributed by atoms with van der Waals surface area (Å²) >= 11 is 0. The molecule has 1 aliphatic rings. The first-order valence-electron chi connectivity index (χ1n) is 11.6. The van der Waals surface area contributed by atoms with Gasteiger partial charge >= 0.3 is 0 Å². The maximum absolute atomic E-state index is 13.6. The number of methoxy groups -OCH3 is 1. The van der Waals surface area contributed by atoms with Crippen LogP contribution in [0.5, 0.6) is 5.75 Å². The minimum absolute atomic E-state index is 0.0679. The first-order valence-corrected chi connectivity index (χ1v) is 11.6. The van der Waals surface area contributed by atoms with Crippen LogP contribution in [0.25, 0.3) is 0 Å². The Morgan fingerprint density at radius 2 is 1.59 bits per heavy atom. The zero-order valence-corrected chi connectivity index (χ0v) is 20.0. The highest BCUT2D eigenvalue weighted by Crippen LogP contribution is 2.30. The third-order valence-corrected chi connectivity index (χ3v) is 6.29. The molecule has 176 valence electrons. The summed E-state index contributed by atoms with van der Waals surface area (Å²) in [6.07, 6.45) is 0. The van der Waals surface area contributed by atoms with E-state index in [2.05, 4.69) is 15.1 Å². The fourth-order valence-corrected chi connectivity index (χ4v) is 4.43. The second-order valence-corrected chi connectivity index (χ2v) is 8.63. The molecule has 0 aliphatic carbocycles. The van der Waals surface area contributed by atoms with Gasteiger partial charge in [0.1, 0.15) is 11.8 Å².